The molecule has 2 heterocycles. The van der Waals surface area contributed by atoms with E-state index in [0.29, 0.717) is 16.7 Å². The van der Waals surface area contributed by atoms with Crippen LogP contribution in [0.4, 0.5) is 5.69 Å². The van der Waals surface area contributed by atoms with Crippen molar-refractivity contribution in [3.63, 3.8) is 0 Å². The fourth-order valence-corrected chi connectivity index (χ4v) is 3.09. The van der Waals surface area contributed by atoms with E-state index in [0.717, 1.165) is 0 Å². The predicted octanol–water partition coefficient (Wildman–Crippen LogP) is 2.36. The van der Waals surface area contributed by atoms with E-state index in [1.165, 1.54) is 6.20 Å². The largest absolute Gasteiger partial charge is 0.345 e. The maximum absolute atomic E-state index is 12.3. The molecule has 0 atom stereocenters. The van der Waals surface area contributed by atoms with Gasteiger partial charge in [0.15, 0.2) is 0 Å². The van der Waals surface area contributed by atoms with Gasteiger partial charge in [-0.2, -0.15) is 0 Å². The van der Waals surface area contributed by atoms with Gasteiger partial charge in [-0.1, -0.05) is 18.2 Å². The summed E-state index contributed by atoms with van der Waals surface area (Å²) in [7, 11) is -3.62. The Morgan fingerprint density at radius 2 is 1.84 bits per heavy atom. The van der Waals surface area contributed by atoms with Crippen LogP contribution in [0.25, 0.3) is 11.0 Å². The van der Waals surface area contributed by atoms with Crippen molar-refractivity contribution in [3.05, 3.63) is 54.9 Å². The number of para-hydroxylation sites is 1. The molecule has 0 amide bonds. The fraction of sp³-hybridized carbons (Fsp3) is 0. The van der Waals surface area contributed by atoms with E-state index >= 15 is 0 Å². The summed E-state index contributed by atoms with van der Waals surface area (Å²) in [6.07, 6.45) is 3.06. The zero-order valence-electron chi connectivity index (χ0n) is 9.87. The molecule has 0 bridgehead atoms. The molecule has 0 aliphatic rings. The van der Waals surface area contributed by atoms with Gasteiger partial charge in [0.25, 0.3) is 10.0 Å². The SMILES string of the molecule is O=S(=O)(Nc1ccccc1)c1c[nH]c2ncccc12. The van der Waals surface area contributed by atoms with E-state index < -0.39 is 10.0 Å². The summed E-state index contributed by atoms with van der Waals surface area (Å²) in [5.41, 5.74) is 1.08. The van der Waals surface area contributed by atoms with Crippen molar-refractivity contribution in [2.24, 2.45) is 0 Å². The van der Waals surface area contributed by atoms with Gasteiger partial charge in [-0.05, 0) is 24.3 Å². The van der Waals surface area contributed by atoms with Gasteiger partial charge in [-0.3, -0.25) is 4.72 Å². The second-order valence-corrected chi connectivity index (χ2v) is 5.67. The minimum atomic E-state index is -3.62. The Hall–Kier alpha value is -2.34. The van der Waals surface area contributed by atoms with Crippen molar-refractivity contribution in [1.29, 1.82) is 0 Å². The lowest BCUT2D eigenvalue weighted by molar-refractivity contribution is 0.602. The average Bonchev–Trinajstić information content (AvgIpc) is 2.84. The monoisotopic (exact) mass is 273 g/mol. The number of aromatic amines is 1. The highest BCUT2D eigenvalue weighted by atomic mass is 32.2. The molecule has 0 aliphatic carbocycles. The standard InChI is InChI=1S/C13H11N3O2S/c17-19(18,16-10-5-2-1-3-6-10)12-9-15-13-11(12)7-4-8-14-13/h1-9,16H,(H,14,15). The van der Waals surface area contributed by atoms with Crippen LogP contribution < -0.4 is 4.72 Å². The quantitative estimate of drug-likeness (QED) is 0.769. The average molecular weight is 273 g/mol. The molecule has 0 aliphatic heterocycles. The third-order valence-corrected chi connectivity index (χ3v) is 4.15. The summed E-state index contributed by atoms with van der Waals surface area (Å²) in [6, 6.07) is 12.2. The summed E-state index contributed by atoms with van der Waals surface area (Å²) in [6.45, 7) is 0. The van der Waals surface area contributed by atoms with E-state index in [-0.39, 0.29) is 4.90 Å². The number of hydrogen-bond donors (Lipinski definition) is 2. The number of fused-ring (bicyclic) bond motifs is 1. The van der Waals surface area contributed by atoms with Crippen LogP contribution in [0.1, 0.15) is 0 Å². The van der Waals surface area contributed by atoms with Crippen LogP contribution in [0.2, 0.25) is 0 Å². The van der Waals surface area contributed by atoms with Crippen LogP contribution in [-0.4, -0.2) is 18.4 Å². The van der Waals surface area contributed by atoms with Gasteiger partial charge in [0, 0.05) is 23.5 Å². The minimum Gasteiger partial charge on any atom is -0.345 e. The lowest BCUT2D eigenvalue weighted by Gasteiger charge is -2.06. The molecule has 0 radical (unpaired) electrons. The van der Waals surface area contributed by atoms with E-state index in [1.807, 2.05) is 6.07 Å². The van der Waals surface area contributed by atoms with Crippen molar-refractivity contribution >= 4 is 26.7 Å². The van der Waals surface area contributed by atoms with Gasteiger partial charge >= 0.3 is 0 Å². The molecule has 1 aromatic carbocycles. The van der Waals surface area contributed by atoms with Crippen LogP contribution in [0.15, 0.2) is 59.8 Å². The molecular weight excluding hydrogens is 262 g/mol. The summed E-state index contributed by atoms with van der Waals surface area (Å²) >= 11 is 0. The first-order valence-electron chi connectivity index (χ1n) is 5.67. The molecule has 0 saturated carbocycles. The number of H-pyrrole nitrogens is 1. The van der Waals surface area contributed by atoms with Crippen LogP contribution in [0.5, 0.6) is 0 Å². The Balaban J connectivity index is 2.05. The molecule has 3 rings (SSSR count). The molecule has 6 heteroatoms. The topological polar surface area (TPSA) is 74.8 Å². The third kappa shape index (κ3) is 2.17. The summed E-state index contributed by atoms with van der Waals surface area (Å²) in [5, 5.41) is 0.575. The number of sulfonamides is 1. The van der Waals surface area contributed by atoms with Crippen molar-refractivity contribution in [2.45, 2.75) is 4.90 Å². The molecule has 5 nitrogen and oxygen atoms in total. The molecule has 0 saturated heterocycles. The Morgan fingerprint density at radius 1 is 1.05 bits per heavy atom. The number of benzene rings is 1. The number of nitrogens with one attached hydrogen (secondary N) is 2. The molecule has 2 aromatic heterocycles. The number of pyridine rings is 1. The molecular formula is C13H11N3O2S. The first-order valence-corrected chi connectivity index (χ1v) is 7.15. The van der Waals surface area contributed by atoms with E-state index in [4.69, 9.17) is 0 Å². The molecule has 19 heavy (non-hydrogen) atoms. The van der Waals surface area contributed by atoms with Crippen molar-refractivity contribution in [3.8, 4) is 0 Å². The molecule has 0 spiro atoms. The van der Waals surface area contributed by atoms with E-state index in [2.05, 4.69) is 14.7 Å². The van der Waals surface area contributed by atoms with E-state index in [1.54, 1.807) is 42.6 Å². The maximum Gasteiger partial charge on any atom is 0.264 e. The summed E-state index contributed by atoms with van der Waals surface area (Å²) in [5.74, 6) is 0. The van der Waals surface area contributed by atoms with Crippen LogP contribution in [-0.2, 0) is 10.0 Å². The molecule has 0 unspecified atom stereocenters. The highest BCUT2D eigenvalue weighted by Gasteiger charge is 2.19. The second kappa shape index (κ2) is 4.40. The lowest BCUT2D eigenvalue weighted by atomic mass is 10.3. The number of hydrogen-bond acceptors (Lipinski definition) is 3. The predicted molar refractivity (Wildman–Crippen MR) is 73.3 cm³/mol. The Bertz CT molecular complexity index is 810. The summed E-state index contributed by atoms with van der Waals surface area (Å²) < 4.78 is 27.2. The molecule has 2 N–H and O–H groups in total. The molecule has 3 aromatic rings. The van der Waals surface area contributed by atoms with Gasteiger partial charge in [-0.25, -0.2) is 13.4 Å². The van der Waals surface area contributed by atoms with Crippen LogP contribution in [0, 0.1) is 0 Å². The van der Waals surface area contributed by atoms with Gasteiger partial charge < -0.3 is 4.98 Å². The molecule has 0 fully saturated rings. The number of nitrogens with zero attached hydrogens (tertiary/aromatic N) is 1. The van der Waals surface area contributed by atoms with Crippen LogP contribution >= 0.6 is 0 Å². The highest BCUT2D eigenvalue weighted by molar-refractivity contribution is 7.93. The van der Waals surface area contributed by atoms with Crippen molar-refractivity contribution in [1.82, 2.24) is 9.97 Å². The van der Waals surface area contributed by atoms with Gasteiger partial charge in [-0.15, -0.1) is 0 Å². The number of aromatic nitrogens is 2. The van der Waals surface area contributed by atoms with Crippen molar-refractivity contribution < 1.29 is 8.42 Å². The van der Waals surface area contributed by atoms with Gasteiger partial charge in [0.05, 0.1) is 0 Å². The zero-order chi connectivity index (χ0) is 13.3. The Morgan fingerprint density at radius 3 is 2.63 bits per heavy atom. The highest BCUT2D eigenvalue weighted by Crippen LogP contribution is 2.23. The second-order valence-electron chi connectivity index (χ2n) is 4.02. The first kappa shape index (κ1) is 11.7. The normalized spacial score (nSPS) is 11.6. The molecule has 96 valence electrons. The first-order chi connectivity index (χ1) is 9.17. The lowest BCUT2D eigenvalue weighted by Crippen LogP contribution is -2.12. The zero-order valence-corrected chi connectivity index (χ0v) is 10.7. The number of rotatable bonds is 3. The Kier molecular flexibility index (Phi) is 2.72. The van der Waals surface area contributed by atoms with Gasteiger partial charge in [0.1, 0.15) is 10.5 Å². The Labute approximate surface area is 110 Å². The summed E-state index contributed by atoms with van der Waals surface area (Å²) in [4.78, 5) is 7.12. The van der Waals surface area contributed by atoms with Gasteiger partial charge in [0.2, 0.25) is 0 Å². The van der Waals surface area contributed by atoms with Crippen molar-refractivity contribution in [2.75, 3.05) is 4.72 Å². The third-order valence-electron chi connectivity index (χ3n) is 2.73. The number of anilines is 1. The maximum atomic E-state index is 12.3. The van der Waals surface area contributed by atoms with Crippen LogP contribution in [0.3, 0.4) is 0 Å². The minimum absolute atomic E-state index is 0.194. The smallest absolute Gasteiger partial charge is 0.264 e. The fourth-order valence-electron chi connectivity index (χ4n) is 1.87. The van der Waals surface area contributed by atoms with E-state index in [9.17, 15) is 8.42 Å².